The molecule has 0 radical (unpaired) electrons. The summed E-state index contributed by atoms with van der Waals surface area (Å²) < 4.78 is 5.44. The van der Waals surface area contributed by atoms with Crippen molar-refractivity contribution >= 4 is 11.8 Å². The van der Waals surface area contributed by atoms with Crippen LogP contribution in [0, 0.1) is 0 Å². The van der Waals surface area contributed by atoms with Gasteiger partial charge in [0.1, 0.15) is 5.60 Å². The number of hydrogen-bond acceptors (Lipinski definition) is 4. The number of piperidine rings is 1. The average molecular weight is 306 g/mol. The van der Waals surface area contributed by atoms with E-state index >= 15 is 0 Å². The minimum atomic E-state index is -0.461. The molecule has 122 valence electrons. The fourth-order valence-corrected chi connectivity index (χ4v) is 2.53. The number of anilines is 1. The van der Waals surface area contributed by atoms with Crippen LogP contribution in [0.1, 0.15) is 39.2 Å². The zero-order valence-corrected chi connectivity index (χ0v) is 13.6. The Bertz CT molecular complexity index is 494. The lowest BCUT2D eigenvalue weighted by molar-refractivity contribution is 0.0206. The highest BCUT2D eigenvalue weighted by molar-refractivity contribution is 5.68. The highest BCUT2D eigenvalue weighted by atomic mass is 16.6. The maximum atomic E-state index is 12.1. The van der Waals surface area contributed by atoms with Gasteiger partial charge in [-0.15, -0.1) is 0 Å². The van der Waals surface area contributed by atoms with Crippen molar-refractivity contribution in [2.24, 2.45) is 0 Å². The summed E-state index contributed by atoms with van der Waals surface area (Å²) in [5.74, 6) is 0. The lowest BCUT2D eigenvalue weighted by atomic mass is 10.1. The molecule has 1 fully saturated rings. The smallest absolute Gasteiger partial charge is 0.410 e. The normalized spacial score (nSPS) is 18.9. The Labute approximate surface area is 132 Å². The Kier molecular flexibility index (Phi) is 5.29. The van der Waals surface area contributed by atoms with Crippen LogP contribution in [0.25, 0.3) is 0 Å². The van der Waals surface area contributed by atoms with E-state index in [2.05, 4.69) is 5.32 Å². The third-order valence-corrected chi connectivity index (χ3v) is 3.58. The fraction of sp³-hybridized carbons (Fsp3) is 0.588. The topological polar surface area (TPSA) is 61.8 Å². The largest absolute Gasteiger partial charge is 0.444 e. The molecule has 2 rings (SSSR count). The third-order valence-electron chi connectivity index (χ3n) is 3.58. The first-order valence-electron chi connectivity index (χ1n) is 7.81. The van der Waals surface area contributed by atoms with Gasteiger partial charge >= 0.3 is 6.09 Å². The summed E-state index contributed by atoms with van der Waals surface area (Å²) in [5.41, 5.74) is 1.44. The lowest BCUT2D eigenvalue weighted by Crippen LogP contribution is -2.46. The molecule has 0 aliphatic carbocycles. The summed E-state index contributed by atoms with van der Waals surface area (Å²) in [6.45, 7) is 7.09. The Hall–Kier alpha value is -1.75. The minimum Gasteiger partial charge on any atom is -0.444 e. The number of likely N-dealkylation sites (tertiary alicyclic amines) is 1. The van der Waals surface area contributed by atoms with Crippen LogP contribution < -0.4 is 5.32 Å². The first-order chi connectivity index (χ1) is 10.4. The Balaban J connectivity index is 1.91. The lowest BCUT2D eigenvalue weighted by Gasteiger charge is -2.34. The summed E-state index contributed by atoms with van der Waals surface area (Å²) >= 11 is 0. The van der Waals surface area contributed by atoms with E-state index in [0.717, 1.165) is 30.6 Å². The molecule has 1 aromatic carbocycles. The summed E-state index contributed by atoms with van der Waals surface area (Å²) in [5, 5.41) is 12.5. The SMILES string of the molecule is CC(C)(C)OC(=O)N1CCCC(Nc2ccc(CO)cc2)C1. The van der Waals surface area contributed by atoms with E-state index in [1.54, 1.807) is 4.90 Å². The van der Waals surface area contributed by atoms with Crippen molar-refractivity contribution < 1.29 is 14.6 Å². The molecular weight excluding hydrogens is 280 g/mol. The molecule has 0 spiro atoms. The number of aliphatic hydroxyl groups excluding tert-OH is 1. The van der Waals surface area contributed by atoms with Crippen LogP contribution in [0.15, 0.2) is 24.3 Å². The quantitative estimate of drug-likeness (QED) is 0.901. The van der Waals surface area contributed by atoms with Gasteiger partial charge < -0.3 is 20.1 Å². The zero-order chi connectivity index (χ0) is 16.2. The summed E-state index contributed by atoms with van der Waals surface area (Å²) in [4.78, 5) is 13.9. The molecule has 1 atom stereocenters. The maximum absolute atomic E-state index is 12.1. The molecule has 0 aromatic heterocycles. The second-order valence-electron chi connectivity index (χ2n) is 6.76. The van der Waals surface area contributed by atoms with E-state index < -0.39 is 5.60 Å². The van der Waals surface area contributed by atoms with Crippen molar-refractivity contribution in [3.05, 3.63) is 29.8 Å². The molecule has 5 nitrogen and oxygen atoms in total. The van der Waals surface area contributed by atoms with E-state index in [4.69, 9.17) is 9.84 Å². The van der Waals surface area contributed by atoms with Crippen LogP contribution in [-0.2, 0) is 11.3 Å². The van der Waals surface area contributed by atoms with Gasteiger partial charge in [0.25, 0.3) is 0 Å². The van der Waals surface area contributed by atoms with E-state index in [-0.39, 0.29) is 18.7 Å². The number of benzene rings is 1. The third kappa shape index (κ3) is 4.91. The second kappa shape index (κ2) is 7.01. The van der Waals surface area contributed by atoms with Crippen molar-refractivity contribution in [3.63, 3.8) is 0 Å². The predicted molar refractivity (Wildman–Crippen MR) is 86.8 cm³/mol. The first kappa shape index (κ1) is 16.6. The van der Waals surface area contributed by atoms with E-state index in [9.17, 15) is 4.79 Å². The van der Waals surface area contributed by atoms with Gasteiger partial charge in [0.15, 0.2) is 0 Å². The van der Waals surface area contributed by atoms with Crippen molar-refractivity contribution in [1.82, 2.24) is 4.90 Å². The number of nitrogens with zero attached hydrogens (tertiary/aromatic N) is 1. The number of nitrogens with one attached hydrogen (secondary N) is 1. The molecule has 0 bridgehead atoms. The molecular formula is C17H26N2O3. The van der Waals surface area contributed by atoms with Crippen LogP contribution in [0.2, 0.25) is 0 Å². The second-order valence-corrected chi connectivity index (χ2v) is 6.76. The number of carbonyl (C=O) groups excluding carboxylic acids is 1. The summed E-state index contributed by atoms with van der Waals surface area (Å²) in [7, 11) is 0. The summed E-state index contributed by atoms with van der Waals surface area (Å²) in [6.07, 6.45) is 1.75. The van der Waals surface area contributed by atoms with Gasteiger partial charge in [0, 0.05) is 24.8 Å². The van der Waals surface area contributed by atoms with Crippen molar-refractivity contribution in [2.45, 2.75) is 51.9 Å². The van der Waals surface area contributed by atoms with Gasteiger partial charge in [-0.25, -0.2) is 4.79 Å². The maximum Gasteiger partial charge on any atom is 0.410 e. The highest BCUT2D eigenvalue weighted by Crippen LogP contribution is 2.19. The monoisotopic (exact) mass is 306 g/mol. The van der Waals surface area contributed by atoms with Gasteiger partial charge in [0.05, 0.1) is 6.61 Å². The molecule has 1 aliphatic rings. The first-order valence-corrected chi connectivity index (χ1v) is 7.81. The highest BCUT2D eigenvalue weighted by Gasteiger charge is 2.27. The van der Waals surface area contributed by atoms with Gasteiger partial charge in [-0.2, -0.15) is 0 Å². The number of amides is 1. The molecule has 2 N–H and O–H groups in total. The number of aliphatic hydroxyl groups is 1. The van der Waals surface area contributed by atoms with E-state index in [1.807, 2.05) is 45.0 Å². The molecule has 1 amide bonds. The molecule has 1 unspecified atom stereocenters. The van der Waals surface area contributed by atoms with Gasteiger partial charge in [0.2, 0.25) is 0 Å². The minimum absolute atomic E-state index is 0.0517. The Morgan fingerprint density at radius 2 is 2.05 bits per heavy atom. The molecule has 0 saturated carbocycles. The molecule has 22 heavy (non-hydrogen) atoms. The summed E-state index contributed by atoms with van der Waals surface area (Å²) in [6, 6.07) is 7.94. The average Bonchev–Trinajstić information content (AvgIpc) is 2.46. The Morgan fingerprint density at radius 3 is 2.64 bits per heavy atom. The molecule has 5 heteroatoms. The predicted octanol–water partition coefficient (Wildman–Crippen LogP) is 2.99. The number of ether oxygens (including phenoxy) is 1. The van der Waals surface area contributed by atoms with Crippen LogP contribution in [0.4, 0.5) is 10.5 Å². The van der Waals surface area contributed by atoms with Crippen LogP contribution >= 0.6 is 0 Å². The number of rotatable bonds is 3. The molecule has 1 heterocycles. The van der Waals surface area contributed by atoms with E-state index in [0.29, 0.717) is 6.54 Å². The van der Waals surface area contributed by atoms with E-state index in [1.165, 1.54) is 0 Å². The number of hydrogen-bond donors (Lipinski definition) is 2. The standard InChI is InChI=1S/C17H26N2O3/c1-17(2,3)22-16(21)19-10-4-5-15(11-19)18-14-8-6-13(12-20)7-9-14/h6-9,15,18,20H,4-5,10-12H2,1-3H3. The van der Waals surface area contributed by atoms with Crippen LogP contribution in [-0.4, -0.2) is 40.8 Å². The molecule has 1 aliphatic heterocycles. The van der Waals surface area contributed by atoms with Crippen LogP contribution in [0.5, 0.6) is 0 Å². The van der Waals surface area contributed by atoms with Gasteiger partial charge in [-0.05, 0) is 51.3 Å². The number of carbonyl (C=O) groups is 1. The zero-order valence-electron chi connectivity index (χ0n) is 13.6. The van der Waals surface area contributed by atoms with Gasteiger partial charge in [-0.3, -0.25) is 0 Å². The van der Waals surface area contributed by atoms with Gasteiger partial charge in [-0.1, -0.05) is 12.1 Å². The fourth-order valence-electron chi connectivity index (χ4n) is 2.53. The molecule has 1 aromatic rings. The van der Waals surface area contributed by atoms with Crippen molar-refractivity contribution in [1.29, 1.82) is 0 Å². The molecule has 1 saturated heterocycles. The van der Waals surface area contributed by atoms with Crippen molar-refractivity contribution in [3.8, 4) is 0 Å². The van der Waals surface area contributed by atoms with Crippen LogP contribution in [0.3, 0.4) is 0 Å². The van der Waals surface area contributed by atoms with Crippen molar-refractivity contribution in [2.75, 3.05) is 18.4 Å². The Morgan fingerprint density at radius 1 is 1.36 bits per heavy atom.